The molecule has 0 bridgehead atoms. The molecule has 1 unspecified atom stereocenters. The van der Waals surface area contributed by atoms with Gasteiger partial charge in [0.2, 0.25) is 0 Å². The Kier molecular flexibility index (Phi) is 5.47. The number of amides is 1. The quantitative estimate of drug-likeness (QED) is 0.877. The number of rotatable bonds is 5. The zero-order valence-corrected chi connectivity index (χ0v) is 12.9. The molecule has 1 aromatic rings. The maximum absolute atomic E-state index is 13.4. The number of carbonyl (C=O) groups excluding carboxylic acids is 1. The van der Waals surface area contributed by atoms with E-state index in [1.165, 1.54) is 25.1 Å². The zero-order chi connectivity index (χ0) is 16.2. The van der Waals surface area contributed by atoms with Gasteiger partial charge in [-0.2, -0.15) is 0 Å². The first-order valence-corrected chi connectivity index (χ1v) is 6.90. The van der Waals surface area contributed by atoms with Crippen LogP contribution in [0.4, 0.5) is 4.39 Å². The molecule has 0 heterocycles. The average Bonchev–Trinajstić information content (AvgIpc) is 2.36. The molecule has 2 N–H and O–H groups in total. The van der Waals surface area contributed by atoms with E-state index in [4.69, 9.17) is 0 Å². The van der Waals surface area contributed by atoms with Crippen molar-refractivity contribution >= 4 is 11.9 Å². The van der Waals surface area contributed by atoms with Gasteiger partial charge in [-0.15, -0.1) is 0 Å². The molecule has 1 atom stereocenters. The van der Waals surface area contributed by atoms with Crippen LogP contribution in [0.5, 0.6) is 0 Å². The molecule has 0 aliphatic heterocycles. The van der Waals surface area contributed by atoms with Gasteiger partial charge in [0.1, 0.15) is 11.9 Å². The van der Waals surface area contributed by atoms with Crippen LogP contribution in [0, 0.1) is 18.2 Å². The Bertz CT molecular complexity index is 535. The summed E-state index contributed by atoms with van der Waals surface area (Å²) in [5.74, 6) is -2.13. The Hall–Kier alpha value is -1.91. The molecule has 0 aliphatic rings. The first kappa shape index (κ1) is 17.1. The van der Waals surface area contributed by atoms with Gasteiger partial charge in [0.25, 0.3) is 5.91 Å². The first-order valence-electron chi connectivity index (χ1n) is 6.90. The number of benzene rings is 1. The molecule has 0 spiro atoms. The highest BCUT2D eigenvalue weighted by Crippen LogP contribution is 2.22. The highest BCUT2D eigenvalue weighted by Gasteiger charge is 2.24. The molecule has 0 aromatic heterocycles. The molecule has 116 valence electrons. The molecule has 0 radical (unpaired) electrons. The summed E-state index contributed by atoms with van der Waals surface area (Å²) >= 11 is 0. The summed E-state index contributed by atoms with van der Waals surface area (Å²) in [5.41, 5.74) is 0.361. The van der Waals surface area contributed by atoms with Gasteiger partial charge in [0.15, 0.2) is 0 Å². The number of hydrogen-bond acceptors (Lipinski definition) is 2. The molecule has 1 rings (SSSR count). The second kappa shape index (κ2) is 6.70. The third-order valence-electron chi connectivity index (χ3n) is 3.30. The van der Waals surface area contributed by atoms with E-state index in [2.05, 4.69) is 5.32 Å². The third kappa shape index (κ3) is 5.17. The molecular weight excluding hydrogens is 273 g/mol. The number of halogens is 1. The van der Waals surface area contributed by atoms with Gasteiger partial charge in [0, 0.05) is 5.56 Å². The summed E-state index contributed by atoms with van der Waals surface area (Å²) in [5, 5.41) is 11.7. The van der Waals surface area contributed by atoms with E-state index in [9.17, 15) is 19.1 Å². The lowest BCUT2D eigenvalue weighted by molar-refractivity contribution is -0.139. The Morgan fingerprint density at radius 1 is 1.33 bits per heavy atom. The first-order chi connectivity index (χ1) is 9.61. The summed E-state index contributed by atoms with van der Waals surface area (Å²) < 4.78 is 13.4. The van der Waals surface area contributed by atoms with Gasteiger partial charge >= 0.3 is 5.97 Å². The van der Waals surface area contributed by atoms with Crippen molar-refractivity contribution in [3.05, 3.63) is 35.1 Å². The van der Waals surface area contributed by atoms with Crippen LogP contribution in [0.3, 0.4) is 0 Å². The fourth-order valence-electron chi connectivity index (χ4n) is 1.92. The van der Waals surface area contributed by atoms with Gasteiger partial charge in [-0.05, 0) is 42.9 Å². The lowest BCUT2D eigenvalue weighted by Gasteiger charge is -2.22. The van der Waals surface area contributed by atoms with E-state index in [1.54, 1.807) is 0 Å². The number of aliphatic carboxylic acids is 1. The van der Waals surface area contributed by atoms with E-state index in [0.717, 1.165) is 0 Å². The van der Waals surface area contributed by atoms with E-state index < -0.39 is 23.7 Å². The summed E-state index contributed by atoms with van der Waals surface area (Å²) in [7, 11) is 0. The van der Waals surface area contributed by atoms with Crippen molar-refractivity contribution < 1.29 is 19.1 Å². The van der Waals surface area contributed by atoms with Gasteiger partial charge in [-0.1, -0.05) is 26.8 Å². The van der Waals surface area contributed by atoms with E-state index in [-0.39, 0.29) is 16.5 Å². The Balaban J connectivity index is 2.82. The zero-order valence-electron chi connectivity index (χ0n) is 12.9. The van der Waals surface area contributed by atoms with Crippen LogP contribution in [0.25, 0.3) is 0 Å². The lowest BCUT2D eigenvalue weighted by atomic mass is 9.88. The van der Waals surface area contributed by atoms with Crippen molar-refractivity contribution in [3.8, 4) is 0 Å². The van der Waals surface area contributed by atoms with Crippen LogP contribution in [0.15, 0.2) is 18.2 Å². The molecule has 4 nitrogen and oxygen atoms in total. The average molecular weight is 295 g/mol. The Morgan fingerprint density at radius 2 is 1.95 bits per heavy atom. The third-order valence-corrected chi connectivity index (χ3v) is 3.30. The number of carboxylic acid groups (broad SMARTS) is 1. The van der Waals surface area contributed by atoms with Crippen LogP contribution < -0.4 is 5.32 Å². The predicted molar refractivity (Wildman–Crippen MR) is 78.7 cm³/mol. The molecule has 21 heavy (non-hydrogen) atoms. The summed E-state index contributed by atoms with van der Waals surface area (Å²) in [6.45, 7) is 7.51. The lowest BCUT2D eigenvalue weighted by Crippen LogP contribution is -2.41. The smallest absolute Gasteiger partial charge is 0.326 e. The van der Waals surface area contributed by atoms with Gasteiger partial charge in [0.05, 0.1) is 0 Å². The molecule has 0 aliphatic carbocycles. The minimum atomic E-state index is -1.08. The second-order valence-corrected chi connectivity index (χ2v) is 6.38. The van der Waals surface area contributed by atoms with Crippen molar-refractivity contribution in [2.45, 2.75) is 46.6 Å². The molecule has 5 heteroatoms. The van der Waals surface area contributed by atoms with E-state index in [1.807, 2.05) is 20.8 Å². The van der Waals surface area contributed by atoms with E-state index >= 15 is 0 Å². The minimum Gasteiger partial charge on any atom is -0.480 e. The monoisotopic (exact) mass is 295 g/mol. The number of carbonyl (C=O) groups is 2. The van der Waals surface area contributed by atoms with Crippen LogP contribution in [-0.2, 0) is 4.79 Å². The summed E-state index contributed by atoms with van der Waals surface area (Å²) in [4.78, 5) is 23.4. The fraction of sp³-hybridized carbons (Fsp3) is 0.500. The number of carboxylic acids is 1. The van der Waals surface area contributed by atoms with Crippen molar-refractivity contribution in [1.29, 1.82) is 0 Å². The SMILES string of the molecule is Cc1c(F)cccc1C(=O)NC(CCC(C)(C)C)C(=O)O. The summed E-state index contributed by atoms with van der Waals surface area (Å²) in [6.07, 6.45) is 0.991. The Labute approximate surface area is 124 Å². The molecule has 0 saturated carbocycles. The predicted octanol–water partition coefficient (Wildman–Crippen LogP) is 3.14. The van der Waals surface area contributed by atoms with Gasteiger partial charge in [-0.25, -0.2) is 9.18 Å². The van der Waals surface area contributed by atoms with Crippen LogP contribution >= 0.6 is 0 Å². The second-order valence-electron chi connectivity index (χ2n) is 6.38. The maximum Gasteiger partial charge on any atom is 0.326 e. The minimum absolute atomic E-state index is 0.0206. The largest absolute Gasteiger partial charge is 0.480 e. The van der Waals surface area contributed by atoms with Crippen LogP contribution in [0.2, 0.25) is 0 Å². The standard InChI is InChI=1S/C16H22FNO3/c1-10-11(6-5-7-12(10)17)14(19)18-13(15(20)21)8-9-16(2,3)4/h5-7,13H,8-9H2,1-4H3,(H,18,19)(H,20,21). The van der Waals surface area contributed by atoms with E-state index in [0.29, 0.717) is 12.8 Å². The molecular formula is C16H22FNO3. The number of hydrogen-bond donors (Lipinski definition) is 2. The van der Waals surface area contributed by atoms with Crippen molar-refractivity contribution in [3.63, 3.8) is 0 Å². The van der Waals surface area contributed by atoms with Gasteiger partial charge in [-0.3, -0.25) is 4.79 Å². The summed E-state index contributed by atoms with van der Waals surface area (Å²) in [6, 6.07) is 3.21. The van der Waals surface area contributed by atoms with Crippen molar-refractivity contribution in [2.75, 3.05) is 0 Å². The number of nitrogens with one attached hydrogen (secondary N) is 1. The maximum atomic E-state index is 13.4. The molecule has 1 aromatic carbocycles. The van der Waals surface area contributed by atoms with Crippen LogP contribution in [-0.4, -0.2) is 23.0 Å². The van der Waals surface area contributed by atoms with Crippen molar-refractivity contribution in [2.24, 2.45) is 5.41 Å². The normalized spacial score (nSPS) is 12.8. The molecule has 1 amide bonds. The van der Waals surface area contributed by atoms with Crippen molar-refractivity contribution in [1.82, 2.24) is 5.32 Å². The topological polar surface area (TPSA) is 66.4 Å². The highest BCUT2D eigenvalue weighted by atomic mass is 19.1. The molecule has 0 fully saturated rings. The Morgan fingerprint density at radius 3 is 2.48 bits per heavy atom. The molecule has 0 saturated heterocycles. The highest BCUT2D eigenvalue weighted by molar-refractivity contribution is 5.97. The van der Waals surface area contributed by atoms with Crippen LogP contribution in [0.1, 0.15) is 49.5 Å². The van der Waals surface area contributed by atoms with Gasteiger partial charge < -0.3 is 10.4 Å². The fourth-order valence-corrected chi connectivity index (χ4v) is 1.92.